The number of carbonyl (C=O) groups excluding carboxylic acids is 2. The summed E-state index contributed by atoms with van der Waals surface area (Å²) < 4.78 is 5.84. The number of benzene rings is 1. The summed E-state index contributed by atoms with van der Waals surface area (Å²) in [6.07, 6.45) is 2.34. The zero-order valence-electron chi connectivity index (χ0n) is 16.2. The van der Waals surface area contributed by atoms with E-state index in [1.165, 1.54) is 0 Å². The van der Waals surface area contributed by atoms with Crippen molar-refractivity contribution in [2.45, 2.75) is 58.8 Å². The molecular formula is C20H33N3O3. The quantitative estimate of drug-likeness (QED) is 0.495. The third-order valence-electron chi connectivity index (χ3n) is 4.11. The van der Waals surface area contributed by atoms with Gasteiger partial charge in [0.05, 0.1) is 12.7 Å². The molecule has 0 aromatic heterocycles. The van der Waals surface area contributed by atoms with Gasteiger partial charge in [0.25, 0.3) is 0 Å². The summed E-state index contributed by atoms with van der Waals surface area (Å²) in [5.41, 5.74) is 6.50. The van der Waals surface area contributed by atoms with Crippen LogP contribution in [0.2, 0.25) is 0 Å². The molecule has 0 bridgehead atoms. The van der Waals surface area contributed by atoms with Crippen molar-refractivity contribution in [2.75, 3.05) is 13.1 Å². The molecule has 4 N–H and O–H groups in total. The largest absolute Gasteiger partial charge is 0.371 e. The normalized spacial score (nSPS) is 13.3. The van der Waals surface area contributed by atoms with Gasteiger partial charge in [-0.15, -0.1) is 0 Å². The van der Waals surface area contributed by atoms with Crippen LogP contribution >= 0.6 is 0 Å². The van der Waals surface area contributed by atoms with E-state index >= 15 is 0 Å². The molecule has 2 amide bonds. The van der Waals surface area contributed by atoms with Gasteiger partial charge < -0.3 is 21.1 Å². The van der Waals surface area contributed by atoms with E-state index in [9.17, 15) is 9.59 Å². The molecule has 26 heavy (non-hydrogen) atoms. The van der Waals surface area contributed by atoms with Crippen LogP contribution in [-0.4, -0.2) is 37.0 Å². The van der Waals surface area contributed by atoms with Crippen LogP contribution < -0.4 is 16.4 Å². The van der Waals surface area contributed by atoms with Crippen LogP contribution in [0.15, 0.2) is 30.3 Å². The van der Waals surface area contributed by atoms with Gasteiger partial charge >= 0.3 is 0 Å². The van der Waals surface area contributed by atoms with Crippen molar-refractivity contribution >= 4 is 11.8 Å². The number of unbranched alkanes of at least 4 members (excludes halogenated alkanes) is 2. The fourth-order valence-electron chi connectivity index (χ4n) is 2.38. The maximum absolute atomic E-state index is 12.6. The van der Waals surface area contributed by atoms with Gasteiger partial charge in [0, 0.05) is 12.5 Å². The highest BCUT2D eigenvalue weighted by molar-refractivity contribution is 5.88. The molecule has 0 spiro atoms. The van der Waals surface area contributed by atoms with E-state index in [1.54, 1.807) is 13.8 Å². The van der Waals surface area contributed by atoms with E-state index in [0.29, 0.717) is 19.7 Å². The van der Waals surface area contributed by atoms with Crippen molar-refractivity contribution in [2.24, 2.45) is 11.7 Å². The summed E-state index contributed by atoms with van der Waals surface area (Å²) >= 11 is 0. The van der Waals surface area contributed by atoms with E-state index in [2.05, 4.69) is 10.6 Å². The van der Waals surface area contributed by atoms with E-state index in [4.69, 9.17) is 10.5 Å². The standard InChI is InChI=1S/C20H33N3O3/c1-15(2)19(24)23-18(20(25)22-13-9-5-8-12-21)16(3)26-14-17-10-6-4-7-11-17/h4,6-7,10-11,15-16,18H,5,8-9,12-14,21H2,1-3H3,(H,22,25)(H,23,24). The lowest BCUT2D eigenvalue weighted by atomic mass is 10.1. The van der Waals surface area contributed by atoms with Crippen molar-refractivity contribution in [3.8, 4) is 0 Å². The van der Waals surface area contributed by atoms with Gasteiger partial charge in [-0.25, -0.2) is 0 Å². The Labute approximate surface area is 156 Å². The van der Waals surface area contributed by atoms with E-state index in [0.717, 1.165) is 24.8 Å². The summed E-state index contributed by atoms with van der Waals surface area (Å²) in [6.45, 7) is 7.02. The first-order valence-corrected chi connectivity index (χ1v) is 9.39. The Bertz CT molecular complexity index is 534. The van der Waals surface area contributed by atoms with Gasteiger partial charge in [-0.2, -0.15) is 0 Å². The number of hydrogen-bond donors (Lipinski definition) is 3. The molecule has 0 saturated carbocycles. The molecule has 0 saturated heterocycles. The van der Waals surface area contributed by atoms with Gasteiger partial charge in [-0.1, -0.05) is 50.6 Å². The third kappa shape index (κ3) is 8.45. The highest BCUT2D eigenvalue weighted by Crippen LogP contribution is 2.08. The lowest BCUT2D eigenvalue weighted by molar-refractivity contribution is -0.134. The fourth-order valence-corrected chi connectivity index (χ4v) is 2.38. The van der Waals surface area contributed by atoms with E-state index in [-0.39, 0.29) is 17.7 Å². The number of ether oxygens (including phenoxy) is 1. The summed E-state index contributed by atoms with van der Waals surface area (Å²) in [7, 11) is 0. The average Bonchev–Trinajstić information content (AvgIpc) is 2.64. The number of nitrogens with one attached hydrogen (secondary N) is 2. The summed E-state index contributed by atoms with van der Waals surface area (Å²) in [4.78, 5) is 24.6. The molecule has 0 heterocycles. The minimum absolute atomic E-state index is 0.163. The van der Waals surface area contributed by atoms with Gasteiger partial charge in [0.2, 0.25) is 11.8 Å². The topological polar surface area (TPSA) is 93.5 Å². The summed E-state index contributed by atoms with van der Waals surface area (Å²) in [5, 5.41) is 5.70. The Balaban J connectivity index is 2.60. The first kappa shape index (κ1) is 22.1. The molecule has 0 aliphatic carbocycles. The van der Waals surface area contributed by atoms with Gasteiger partial charge in [0.15, 0.2) is 0 Å². The summed E-state index contributed by atoms with van der Waals surface area (Å²) in [6, 6.07) is 9.03. The van der Waals surface area contributed by atoms with Crippen molar-refractivity contribution in [3.63, 3.8) is 0 Å². The van der Waals surface area contributed by atoms with Crippen LogP contribution in [0.5, 0.6) is 0 Å². The Morgan fingerprint density at radius 1 is 1.04 bits per heavy atom. The Morgan fingerprint density at radius 3 is 2.35 bits per heavy atom. The van der Waals surface area contributed by atoms with Gasteiger partial charge in [-0.3, -0.25) is 9.59 Å². The van der Waals surface area contributed by atoms with Crippen molar-refractivity contribution < 1.29 is 14.3 Å². The Morgan fingerprint density at radius 2 is 1.73 bits per heavy atom. The molecule has 146 valence electrons. The predicted octanol–water partition coefficient (Wildman–Crippen LogP) is 1.98. The Kier molecular flexibility index (Phi) is 10.6. The second kappa shape index (κ2) is 12.4. The lowest BCUT2D eigenvalue weighted by Crippen LogP contribution is -2.54. The van der Waals surface area contributed by atoms with Crippen LogP contribution in [-0.2, 0) is 20.9 Å². The second-order valence-electron chi connectivity index (χ2n) is 6.78. The first-order valence-electron chi connectivity index (χ1n) is 9.39. The molecule has 6 nitrogen and oxygen atoms in total. The number of nitrogens with two attached hydrogens (primary N) is 1. The molecule has 1 rings (SSSR count). The van der Waals surface area contributed by atoms with E-state index in [1.807, 2.05) is 37.3 Å². The number of carbonyl (C=O) groups is 2. The van der Waals surface area contributed by atoms with Crippen LogP contribution in [0, 0.1) is 5.92 Å². The van der Waals surface area contributed by atoms with Crippen LogP contribution in [0.25, 0.3) is 0 Å². The smallest absolute Gasteiger partial charge is 0.245 e. The van der Waals surface area contributed by atoms with Crippen molar-refractivity contribution in [3.05, 3.63) is 35.9 Å². The third-order valence-corrected chi connectivity index (χ3v) is 4.11. The van der Waals surface area contributed by atoms with Gasteiger partial charge in [-0.05, 0) is 31.9 Å². The zero-order chi connectivity index (χ0) is 19.4. The van der Waals surface area contributed by atoms with Crippen molar-refractivity contribution in [1.29, 1.82) is 0 Å². The second-order valence-corrected chi connectivity index (χ2v) is 6.78. The van der Waals surface area contributed by atoms with Crippen molar-refractivity contribution in [1.82, 2.24) is 10.6 Å². The minimum atomic E-state index is -0.719. The molecule has 6 heteroatoms. The maximum Gasteiger partial charge on any atom is 0.245 e. The van der Waals surface area contributed by atoms with Crippen LogP contribution in [0.3, 0.4) is 0 Å². The van der Waals surface area contributed by atoms with Crippen LogP contribution in [0.1, 0.15) is 45.6 Å². The number of hydrogen-bond acceptors (Lipinski definition) is 4. The number of rotatable bonds is 12. The summed E-state index contributed by atoms with van der Waals surface area (Å²) in [5.74, 6) is -0.577. The molecule has 0 radical (unpaired) electrons. The maximum atomic E-state index is 12.6. The SMILES string of the molecule is CC(C)C(=O)NC(C(=O)NCCCCCN)C(C)OCc1ccccc1. The molecule has 1 aromatic rings. The van der Waals surface area contributed by atoms with Crippen LogP contribution in [0.4, 0.5) is 0 Å². The van der Waals surface area contributed by atoms with E-state index < -0.39 is 12.1 Å². The average molecular weight is 364 g/mol. The highest BCUT2D eigenvalue weighted by atomic mass is 16.5. The molecule has 2 unspecified atom stereocenters. The monoisotopic (exact) mass is 363 g/mol. The molecule has 2 atom stereocenters. The molecule has 1 aromatic carbocycles. The molecule has 0 aliphatic heterocycles. The fraction of sp³-hybridized carbons (Fsp3) is 0.600. The highest BCUT2D eigenvalue weighted by Gasteiger charge is 2.28. The van der Waals surface area contributed by atoms with Gasteiger partial charge in [0.1, 0.15) is 6.04 Å². The minimum Gasteiger partial charge on any atom is -0.371 e. The lowest BCUT2D eigenvalue weighted by Gasteiger charge is -2.25. The molecule has 0 aliphatic rings. The molecule has 0 fully saturated rings. The first-order chi connectivity index (χ1) is 12.5. The zero-order valence-corrected chi connectivity index (χ0v) is 16.2. The Hall–Kier alpha value is -1.92. The predicted molar refractivity (Wildman–Crippen MR) is 103 cm³/mol. The number of amides is 2. The molecular weight excluding hydrogens is 330 g/mol.